The molecular weight excluding hydrogens is 264 g/mol. The van der Waals surface area contributed by atoms with Gasteiger partial charge in [0.05, 0.1) is 12.6 Å². The van der Waals surface area contributed by atoms with E-state index < -0.39 is 0 Å². The topological polar surface area (TPSA) is 41.6 Å². The third kappa shape index (κ3) is 5.14. The molecule has 0 spiro atoms. The highest BCUT2D eigenvalue weighted by molar-refractivity contribution is 5.76. The molecule has 1 atom stereocenters. The first-order valence-electron chi connectivity index (χ1n) is 7.86. The Morgan fingerprint density at radius 2 is 1.95 bits per heavy atom. The molecule has 0 radical (unpaired) electrons. The second-order valence-corrected chi connectivity index (χ2v) is 5.56. The van der Waals surface area contributed by atoms with E-state index >= 15 is 0 Å². The summed E-state index contributed by atoms with van der Waals surface area (Å²) < 4.78 is 5.27. The maximum absolute atomic E-state index is 12.1. The molecule has 1 aliphatic rings. The number of carbonyl (C=O) groups excluding carboxylic acids is 1. The van der Waals surface area contributed by atoms with Gasteiger partial charge >= 0.3 is 0 Å². The highest BCUT2D eigenvalue weighted by Gasteiger charge is 2.17. The number of nitrogens with one attached hydrogen (secondary N) is 1. The van der Waals surface area contributed by atoms with E-state index in [0.717, 1.165) is 25.9 Å². The maximum atomic E-state index is 12.1. The van der Waals surface area contributed by atoms with E-state index in [0.29, 0.717) is 19.6 Å². The third-order valence-corrected chi connectivity index (χ3v) is 3.97. The molecule has 1 amide bonds. The smallest absolute Gasteiger partial charge is 0.223 e. The Hall–Kier alpha value is -1.39. The van der Waals surface area contributed by atoms with Crippen LogP contribution in [0.2, 0.25) is 0 Å². The van der Waals surface area contributed by atoms with Gasteiger partial charge in [0.2, 0.25) is 5.91 Å². The van der Waals surface area contributed by atoms with Gasteiger partial charge in [-0.3, -0.25) is 4.79 Å². The summed E-state index contributed by atoms with van der Waals surface area (Å²) >= 11 is 0. The Morgan fingerprint density at radius 3 is 2.62 bits per heavy atom. The molecule has 1 N–H and O–H groups in total. The molecule has 1 heterocycles. The SMILES string of the molecule is COCC(NCCC(=O)N1CCCCC1)c1ccccc1. The largest absolute Gasteiger partial charge is 0.383 e. The number of nitrogens with zero attached hydrogens (tertiary/aromatic N) is 1. The van der Waals surface area contributed by atoms with Crippen LogP contribution in [0, 0.1) is 0 Å². The molecule has 1 aromatic rings. The lowest BCUT2D eigenvalue weighted by atomic mass is 10.1. The number of piperidine rings is 1. The molecule has 2 rings (SSSR count). The van der Waals surface area contributed by atoms with E-state index in [1.165, 1.54) is 12.0 Å². The Kier molecular flexibility index (Phi) is 6.70. The van der Waals surface area contributed by atoms with Crippen molar-refractivity contribution < 1.29 is 9.53 Å². The molecule has 4 nitrogen and oxygen atoms in total. The van der Waals surface area contributed by atoms with Crippen molar-refractivity contribution in [2.24, 2.45) is 0 Å². The minimum absolute atomic E-state index is 0.144. The lowest BCUT2D eigenvalue weighted by molar-refractivity contribution is -0.132. The van der Waals surface area contributed by atoms with Crippen molar-refractivity contribution in [2.75, 3.05) is 33.4 Å². The molecule has 0 bridgehead atoms. The van der Waals surface area contributed by atoms with Gasteiger partial charge in [0, 0.05) is 33.2 Å². The van der Waals surface area contributed by atoms with Gasteiger partial charge < -0.3 is 15.0 Å². The summed E-state index contributed by atoms with van der Waals surface area (Å²) in [6, 6.07) is 10.4. The van der Waals surface area contributed by atoms with Crippen LogP contribution >= 0.6 is 0 Å². The second-order valence-electron chi connectivity index (χ2n) is 5.56. The van der Waals surface area contributed by atoms with E-state index in [9.17, 15) is 4.79 Å². The summed E-state index contributed by atoms with van der Waals surface area (Å²) in [6.45, 7) is 3.16. The maximum Gasteiger partial charge on any atom is 0.223 e. The molecule has 1 saturated heterocycles. The summed E-state index contributed by atoms with van der Waals surface area (Å²) in [5, 5.41) is 3.43. The van der Waals surface area contributed by atoms with Gasteiger partial charge in [-0.15, -0.1) is 0 Å². The predicted octanol–water partition coefficient (Wildman–Crippen LogP) is 2.37. The Morgan fingerprint density at radius 1 is 1.24 bits per heavy atom. The molecule has 0 aromatic heterocycles. The first-order valence-corrected chi connectivity index (χ1v) is 7.86. The first-order chi connectivity index (χ1) is 10.3. The van der Waals surface area contributed by atoms with Crippen molar-refractivity contribution >= 4 is 5.91 Å². The number of rotatable bonds is 7. The molecule has 21 heavy (non-hydrogen) atoms. The number of likely N-dealkylation sites (tertiary alicyclic amines) is 1. The van der Waals surface area contributed by atoms with Gasteiger partial charge in [-0.2, -0.15) is 0 Å². The fourth-order valence-electron chi connectivity index (χ4n) is 2.78. The summed E-state index contributed by atoms with van der Waals surface area (Å²) in [4.78, 5) is 14.1. The number of hydrogen-bond acceptors (Lipinski definition) is 3. The van der Waals surface area contributed by atoms with Crippen LogP contribution in [0.1, 0.15) is 37.3 Å². The van der Waals surface area contributed by atoms with Crippen LogP contribution in [0.4, 0.5) is 0 Å². The van der Waals surface area contributed by atoms with Crippen LogP contribution in [0.3, 0.4) is 0 Å². The number of methoxy groups -OCH3 is 1. The van der Waals surface area contributed by atoms with E-state index in [-0.39, 0.29) is 11.9 Å². The van der Waals surface area contributed by atoms with Crippen molar-refractivity contribution in [3.05, 3.63) is 35.9 Å². The molecule has 1 fully saturated rings. The van der Waals surface area contributed by atoms with Crippen LogP contribution in [-0.4, -0.2) is 44.2 Å². The quantitative estimate of drug-likeness (QED) is 0.838. The zero-order chi connectivity index (χ0) is 14.9. The van der Waals surface area contributed by atoms with Crippen molar-refractivity contribution in [1.82, 2.24) is 10.2 Å². The summed E-state index contributed by atoms with van der Waals surface area (Å²) in [7, 11) is 1.70. The number of amides is 1. The fraction of sp³-hybridized carbons (Fsp3) is 0.588. The number of benzene rings is 1. The van der Waals surface area contributed by atoms with Crippen molar-refractivity contribution in [1.29, 1.82) is 0 Å². The highest BCUT2D eigenvalue weighted by atomic mass is 16.5. The molecule has 1 unspecified atom stereocenters. The molecular formula is C17H26N2O2. The fourth-order valence-corrected chi connectivity index (χ4v) is 2.78. The molecule has 0 saturated carbocycles. The average molecular weight is 290 g/mol. The van der Waals surface area contributed by atoms with Crippen LogP contribution < -0.4 is 5.32 Å². The van der Waals surface area contributed by atoms with E-state index in [4.69, 9.17) is 4.74 Å². The van der Waals surface area contributed by atoms with Gasteiger partial charge in [0.25, 0.3) is 0 Å². The van der Waals surface area contributed by atoms with Crippen LogP contribution in [-0.2, 0) is 9.53 Å². The number of ether oxygens (including phenoxy) is 1. The van der Waals surface area contributed by atoms with E-state index in [1.54, 1.807) is 7.11 Å². The molecule has 1 aliphatic heterocycles. The van der Waals surface area contributed by atoms with Gasteiger partial charge in [0.15, 0.2) is 0 Å². The van der Waals surface area contributed by atoms with E-state index in [2.05, 4.69) is 17.4 Å². The van der Waals surface area contributed by atoms with Crippen LogP contribution in [0.25, 0.3) is 0 Å². The summed E-state index contributed by atoms with van der Waals surface area (Å²) in [5.41, 5.74) is 1.20. The predicted molar refractivity (Wildman–Crippen MR) is 84.1 cm³/mol. The highest BCUT2D eigenvalue weighted by Crippen LogP contribution is 2.13. The van der Waals surface area contributed by atoms with E-state index in [1.807, 2.05) is 23.1 Å². The van der Waals surface area contributed by atoms with Gasteiger partial charge in [0.1, 0.15) is 0 Å². The van der Waals surface area contributed by atoms with Gasteiger partial charge in [-0.05, 0) is 24.8 Å². The summed E-state index contributed by atoms with van der Waals surface area (Å²) in [6.07, 6.45) is 4.12. The Labute approximate surface area is 127 Å². The molecule has 1 aromatic carbocycles. The standard InChI is InChI=1S/C17H26N2O2/c1-21-14-16(15-8-4-2-5-9-15)18-11-10-17(20)19-12-6-3-7-13-19/h2,4-5,8-9,16,18H,3,6-7,10-14H2,1H3. The van der Waals surface area contributed by atoms with Crippen molar-refractivity contribution in [2.45, 2.75) is 31.7 Å². The Bertz CT molecular complexity index is 416. The lowest BCUT2D eigenvalue weighted by Gasteiger charge is -2.27. The Balaban J connectivity index is 1.78. The van der Waals surface area contributed by atoms with Crippen molar-refractivity contribution in [3.63, 3.8) is 0 Å². The average Bonchev–Trinajstić information content (AvgIpc) is 2.55. The third-order valence-electron chi connectivity index (χ3n) is 3.97. The molecule has 116 valence electrons. The zero-order valence-electron chi connectivity index (χ0n) is 12.9. The monoisotopic (exact) mass is 290 g/mol. The van der Waals surface area contributed by atoms with Gasteiger partial charge in [-0.25, -0.2) is 0 Å². The number of carbonyl (C=O) groups is 1. The molecule has 0 aliphatic carbocycles. The van der Waals surface area contributed by atoms with Crippen LogP contribution in [0.15, 0.2) is 30.3 Å². The minimum atomic E-state index is 0.144. The first kappa shape index (κ1) is 16.0. The molecule has 4 heteroatoms. The normalized spacial score (nSPS) is 16.7. The van der Waals surface area contributed by atoms with Crippen LogP contribution in [0.5, 0.6) is 0 Å². The minimum Gasteiger partial charge on any atom is -0.383 e. The van der Waals surface area contributed by atoms with Gasteiger partial charge in [-0.1, -0.05) is 30.3 Å². The number of hydrogen-bond donors (Lipinski definition) is 1. The second kappa shape index (κ2) is 8.80. The van der Waals surface area contributed by atoms with Crippen molar-refractivity contribution in [3.8, 4) is 0 Å². The lowest BCUT2D eigenvalue weighted by Crippen LogP contribution is -2.37. The zero-order valence-corrected chi connectivity index (χ0v) is 12.9. The summed E-state index contributed by atoms with van der Waals surface area (Å²) in [5.74, 6) is 0.270.